The van der Waals surface area contributed by atoms with Gasteiger partial charge in [-0.3, -0.25) is 0 Å². The van der Waals surface area contributed by atoms with Crippen molar-refractivity contribution in [3.05, 3.63) is 73.5 Å². The molecule has 63 heavy (non-hydrogen) atoms. The Morgan fingerprint density at radius 3 is 1.48 bits per heavy atom. The second kappa shape index (κ2) is 19.9. The molecule has 0 aliphatic carbocycles. The van der Waals surface area contributed by atoms with Crippen molar-refractivity contribution in [1.29, 1.82) is 0 Å². The molecular weight excluding hydrogens is 912 g/mol. The monoisotopic (exact) mass is 940 g/mol. The largest absolute Gasteiger partial charge is 0.415 e. The molecule has 9 N–H and O–H groups in total. The average molecular weight is 941 g/mol. The number of nitrogens with one attached hydrogen (secondary N) is 5. The number of halogens is 5. The summed E-state index contributed by atoms with van der Waals surface area (Å²) < 4.78 is 111. The molecule has 0 fully saturated rings. The van der Waals surface area contributed by atoms with Crippen LogP contribution < -0.4 is 21.1 Å². The van der Waals surface area contributed by atoms with Gasteiger partial charge in [0.1, 0.15) is 20.8 Å². The summed E-state index contributed by atoms with van der Waals surface area (Å²) in [5.74, 6) is -1.73. The fraction of sp³-hybridized carbons (Fsp3) is 0.188. The van der Waals surface area contributed by atoms with Crippen LogP contribution in [0.5, 0.6) is 0 Å². The van der Waals surface area contributed by atoms with Gasteiger partial charge in [0, 0.05) is 59.9 Å². The van der Waals surface area contributed by atoms with E-state index in [1.165, 1.54) is 49.6 Å². The van der Waals surface area contributed by atoms with Crippen molar-refractivity contribution in [2.24, 2.45) is 5.73 Å². The van der Waals surface area contributed by atoms with Gasteiger partial charge in [-0.05, 0) is 24.3 Å². The Morgan fingerprint density at radius 2 is 1.10 bits per heavy atom. The molecule has 8 rings (SSSR count). The molecule has 0 radical (unpaired) electrons. The summed E-state index contributed by atoms with van der Waals surface area (Å²) in [4.78, 5) is 29.4. The number of benzene rings is 2. The third kappa shape index (κ3) is 11.4. The molecule has 0 aliphatic heterocycles. The number of aromatic amines is 2. The standard InChI is InChI=1S/C16H14F2N8O4S.C14H8ClF2N7O3S.C2H7NO/c17-13(18)15-26-25-14(30-15)8-5-19-16(20-6-8)24-9-3-10-12(22-7-21-10)11(4-9)31(28,29)23-1-2-27;15-28(25,26)9-2-7(1-8-10(9)21-5-20-8)22-14-18-3-6(4-19-14)12-23-24-13(27-12)11(16)17;3-1-2-4/h3-7,13,23,27H,1-2H2,(H,21,22)(H,19,20,24);1-5,11H,(H,20,21)(H,18,19,22);4H,1-3H2. The van der Waals surface area contributed by atoms with Crippen LogP contribution in [0.15, 0.2) is 80.3 Å². The van der Waals surface area contributed by atoms with Gasteiger partial charge in [-0.1, -0.05) is 0 Å². The zero-order chi connectivity index (χ0) is 45.3. The van der Waals surface area contributed by atoms with Crippen LogP contribution in [-0.4, -0.2) is 114 Å². The average Bonchev–Trinajstić information content (AvgIpc) is 4.11. The molecule has 24 nitrogen and oxygen atoms in total. The predicted octanol–water partition coefficient (Wildman–Crippen LogP) is 3.30. The van der Waals surface area contributed by atoms with Gasteiger partial charge >= 0.3 is 12.9 Å². The molecule has 0 aliphatic rings. The van der Waals surface area contributed by atoms with Gasteiger partial charge in [0.05, 0.1) is 48.0 Å². The lowest BCUT2D eigenvalue weighted by Crippen LogP contribution is -2.27. The molecule has 8 aromatic rings. The molecule has 6 heterocycles. The first-order valence-electron chi connectivity index (χ1n) is 17.3. The lowest BCUT2D eigenvalue weighted by Gasteiger charge is -2.10. The number of alkyl halides is 4. The quantitative estimate of drug-likeness (QED) is 0.0572. The van der Waals surface area contributed by atoms with E-state index in [1.54, 1.807) is 12.1 Å². The molecular formula is C32H29ClF4N16O8S2. The van der Waals surface area contributed by atoms with Crippen LogP contribution in [0, 0.1) is 0 Å². The summed E-state index contributed by atoms with van der Waals surface area (Å²) in [7, 11) is -2.52. The summed E-state index contributed by atoms with van der Waals surface area (Å²) in [6, 6.07) is 5.83. The van der Waals surface area contributed by atoms with Crippen LogP contribution in [0.1, 0.15) is 24.6 Å². The van der Waals surface area contributed by atoms with Crippen LogP contribution in [0.25, 0.3) is 45.0 Å². The second-order valence-corrected chi connectivity index (χ2v) is 16.2. The Bertz CT molecular complexity index is 3010. The van der Waals surface area contributed by atoms with E-state index in [4.69, 9.17) is 35.5 Å². The minimum absolute atomic E-state index is 0.0972. The van der Waals surface area contributed by atoms with E-state index in [1.807, 2.05) is 0 Å². The highest BCUT2D eigenvalue weighted by Crippen LogP contribution is 2.30. The number of hydrogen-bond acceptors (Lipinski definition) is 21. The Hall–Kier alpha value is -6.83. The van der Waals surface area contributed by atoms with Gasteiger partial charge in [-0.25, -0.2) is 51.5 Å². The molecule has 2 aromatic carbocycles. The van der Waals surface area contributed by atoms with Crippen molar-refractivity contribution in [1.82, 2.24) is 65.0 Å². The smallest absolute Gasteiger partial charge is 0.314 e. The Balaban J connectivity index is 0.000000194. The van der Waals surface area contributed by atoms with E-state index in [2.05, 4.69) is 75.6 Å². The summed E-state index contributed by atoms with van der Waals surface area (Å²) in [6.45, 7) is -0.0423. The van der Waals surface area contributed by atoms with Crippen LogP contribution >= 0.6 is 10.7 Å². The van der Waals surface area contributed by atoms with Crippen molar-refractivity contribution in [3.63, 3.8) is 0 Å². The molecule has 0 amide bonds. The topological polar surface area (TPSA) is 358 Å². The maximum atomic E-state index is 12.6. The third-order valence-corrected chi connectivity index (χ3v) is 10.4. The minimum Gasteiger partial charge on any atom is -0.415 e. The van der Waals surface area contributed by atoms with E-state index in [0.717, 1.165) is 0 Å². The highest BCUT2D eigenvalue weighted by Gasteiger charge is 2.22. The lowest BCUT2D eigenvalue weighted by atomic mass is 10.2. The van der Waals surface area contributed by atoms with E-state index in [0.29, 0.717) is 29.0 Å². The lowest BCUT2D eigenvalue weighted by molar-refractivity contribution is 0.115. The number of rotatable bonds is 14. The maximum absolute atomic E-state index is 12.6. The van der Waals surface area contributed by atoms with Gasteiger partial charge in [-0.2, -0.15) is 17.6 Å². The van der Waals surface area contributed by atoms with Gasteiger partial charge in [-0.15, -0.1) is 20.4 Å². The van der Waals surface area contributed by atoms with Crippen molar-refractivity contribution in [2.75, 3.05) is 36.9 Å². The van der Waals surface area contributed by atoms with Gasteiger partial charge < -0.3 is 45.4 Å². The number of nitrogens with two attached hydrogens (primary N) is 1. The van der Waals surface area contributed by atoms with Gasteiger partial charge in [0.15, 0.2) is 0 Å². The molecule has 31 heteroatoms. The van der Waals surface area contributed by atoms with Crippen molar-refractivity contribution < 1.29 is 53.4 Å². The summed E-state index contributed by atoms with van der Waals surface area (Å²) in [6.07, 6.45) is 2.05. The van der Waals surface area contributed by atoms with Crippen molar-refractivity contribution in [3.8, 4) is 22.9 Å². The number of aliphatic hydroxyl groups excluding tert-OH is 2. The van der Waals surface area contributed by atoms with Crippen LogP contribution in [0.3, 0.4) is 0 Å². The number of fused-ring (bicyclic) bond motifs is 2. The van der Waals surface area contributed by atoms with Crippen LogP contribution in [-0.2, 0) is 19.1 Å². The molecule has 0 bridgehead atoms. The fourth-order valence-electron chi connectivity index (χ4n) is 4.97. The van der Waals surface area contributed by atoms with Gasteiger partial charge in [0.25, 0.3) is 32.6 Å². The summed E-state index contributed by atoms with van der Waals surface area (Å²) >= 11 is 0. The molecule has 0 atom stereocenters. The normalized spacial score (nSPS) is 11.7. The third-order valence-electron chi connectivity index (χ3n) is 7.63. The molecule has 0 spiro atoms. The zero-order valence-electron chi connectivity index (χ0n) is 31.4. The highest BCUT2D eigenvalue weighted by molar-refractivity contribution is 8.14. The minimum atomic E-state index is -4.04. The maximum Gasteiger partial charge on any atom is 0.314 e. The van der Waals surface area contributed by atoms with E-state index >= 15 is 0 Å². The molecule has 0 saturated heterocycles. The van der Waals surface area contributed by atoms with E-state index in [-0.39, 0.29) is 75.4 Å². The van der Waals surface area contributed by atoms with E-state index in [9.17, 15) is 34.4 Å². The fourth-order valence-corrected chi connectivity index (χ4v) is 7.20. The molecule has 0 saturated carbocycles. The number of nitrogens with zero attached hydrogens (tertiary/aromatic N) is 10. The number of sulfonamides is 1. The molecule has 0 unspecified atom stereocenters. The first kappa shape index (κ1) is 45.7. The van der Waals surface area contributed by atoms with E-state index < -0.39 is 43.7 Å². The number of aliphatic hydroxyl groups is 2. The van der Waals surface area contributed by atoms with Crippen molar-refractivity contribution in [2.45, 2.75) is 22.6 Å². The highest BCUT2D eigenvalue weighted by atomic mass is 35.7. The Morgan fingerprint density at radius 1 is 0.667 bits per heavy atom. The Labute approximate surface area is 354 Å². The Kier molecular flexibility index (Phi) is 14.4. The summed E-state index contributed by atoms with van der Waals surface area (Å²) in [5.41, 5.74) is 7.21. The zero-order valence-corrected chi connectivity index (χ0v) is 33.7. The van der Waals surface area contributed by atoms with Crippen LogP contribution in [0.4, 0.5) is 40.8 Å². The predicted molar refractivity (Wildman–Crippen MR) is 211 cm³/mol. The number of H-pyrrole nitrogens is 2. The molecule has 6 aromatic heterocycles. The van der Waals surface area contributed by atoms with Gasteiger partial charge in [0.2, 0.25) is 21.9 Å². The van der Waals surface area contributed by atoms with Crippen molar-refractivity contribution >= 4 is 75.1 Å². The van der Waals surface area contributed by atoms with Crippen LogP contribution in [0.2, 0.25) is 0 Å². The SMILES string of the molecule is NCCO.O=S(=O)(Cl)c1cc(Nc2ncc(-c3nnc(C(F)F)o3)cn2)cc2[nH]cnc12.O=S(=O)(NCCO)c1cc(Nc2ncc(-c3nnc(C(F)F)o3)cn2)cc2[nH]cnc12. The number of anilines is 4. The molecule has 332 valence electrons. The first-order valence-corrected chi connectivity index (χ1v) is 21.1. The first-order chi connectivity index (χ1) is 30.1. The number of imidazole rings is 2. The number of aromatic nitrogens is 12. The second-order valence-electron chi connectivity index (χ2n) is 12.0. The number of hydrogen-bond donors (Lipinski definition) is 8. The summed E-state index contributed by atoms with van der Waals surface area (Å²) in [5, 5.41) is 35.8.